The van der Waals surface area contributed by atoms with Gasteiger partial charge in [-0.25, -0.2) is 0 Å². The third-order valence-electron chi connectivity index (χ3n) is 4.41. The second-order valence-electron chi connectivity index (χ2n) is 6.14. The fourth-order valence-electron chi connectivity index (χ4n) is 2.90. The average Bonchev–Trinajstić information content (AvgIpc) is 3.31. The van der Waals surface area contributed by atoms with E-state index in [0.29, 0.717) is 16.0 Å². The van der Waals surface area contributed by atoms with Crippen molar-refractivity contribution in [3.63, 3.8) is 0 Å². The van der Waals surface area contributed by atoms with Gasteiger partial charge in [0.25, 0.3) is 0 Å². The van der Waals surface area contributed by atoms with Crippen LogP contribution in [0, 0.1) is 0 Å². The molecule has 2 aromatic rings. The van der Waals surface area contributed by atoms with E-state index in [0.717, 1.165) is 50.2 Å². The number of rotatable bonds is 4. The maximum Gasteiger partial charge on any atom is 0.230 e. The first-order chi connectivity index (χ1) is 11.2. The van der Waals surface area contributed by atoms with E-state index in [4.69, 9.17) is 27.6 Å². The van der Waals surface area contributed by atoms with Gasteiger partial charge in [-0.1, -0.05) is 29.3 Å². The molecular formula is C16H18Cl2N4O. The zero-order valence-electron chi connectivity index (χ0n) is 12.7. The summed E-state index contributed by atoms with van der Waals surface area (Å²) in [4.78, 5) is 4.60. The van der Waals surface area contributed by atoms with Crippen molar-refractivity contribution >= 4 is 28.9 Å². The van der Waals surface area contributed by atoms with E-state index in [1.807, 2.05) is 18.2 Å². The summed E-state index contributed by atoms with van der Waals surface area (Å²) in [5.41, 5.74) is 1.01. The van der Waals surface area contributed by atoms with Crippen LogP contribution < -0.4 is 4.90 Å². The van der Waals surface area contributed by atoms with Crippen LogP contribution in [-0.2, 0) is 6.54 Å². The molecule has 0 bridgehead atoms. The number of hydrogen-bond donors (Lipinski definition) is 0. The van der Waals surface area contributed by atoms with E-state index >= 15 is 0 Å². The molecule has 23 heavy (non-hydrogen) atoms. The second kappa shape index (κ2) is 6.30. The maximum atomic E-state index is 6.31. The second-order valence-corrected chi connectivity index (χ2v) is 6.93. The molecule has 1 aliphatic heterocycles. The molecule has 1 aromatic heterocycles. The molecule has 122 valence electrons. The fraction of sp³-hybridized carbons (Fsp3) is 0.500. The van der Waals surface area contributed by atoms with Crippen LogP contribution in [0.3, 0.4) is 0 Å². The highest BCUT2D eigenvalue weighted by Crippen LogP contribution is 2.39. The molecule has 7 heteroatoms. The third kappa shape index (κ3) is 3.32. The largest absolute Gasteiger partial charge is 0.424 e. The van der Waals surface area contributed by atoms with Crippen molar-refractivity contribution < 1.29 is 4.42 Å². The molecule has 5 nitrogen and oxygen atoms in total. The van der Waals surface area contributed by atoms with Crippen molar-refractivity contribution in [2.24, 2.45) is 0 Å². The van der Waals surface area contributed by atoms with E-state index in [-0.39, 0.29) is 0 Å². The maximum absolute atomic E-state index is 6.31. The van der Waals surface area contributed by atoms with E-state index in [2.05, 4.69) is 20.0 Å². The Morgan fingerprint density at radius 1 is 1.09 bits per heavy atom. The fourth-order valence-corrected chi connectivity index (χ4v) is 3.32. The molecule has 1 saturated carbocycles. The topological polar surface area (TPSA) is 45.4 Å². The summed E-state index contributed by atoms with van der Waals surface area (Å²) in [6.45, 7) is 4.40. The molecule has 0 unspecified atom stereocenters. The van der Waals surface area contributed by atoms with Crippen molar-refractivity contribution in [2.75, 3.05) is 31.1 Å². The zero-order chi connectivity index (χ0) is 15.8. The van der Waals surface area contributed by atoms with Crippen LogP contribution in [0.1, 0.15) is 30.5 Å². The Balaban J connectivity index is 1.35. The zero-order valence-corrected chi connectivity index (χ0v) is 14.2. The van der Waals surface area contributed by atoms with Gasteiger partial charge in [0.05, 0.1) is 22.3 Å². The molecule has 0 atom stereocenters. The first-order valence-corrected chi connectivity index (χ1v) is 8.70. The van der Waals surface area contributed by atoms with Gasteiger partial charge in [-0.3, -0.25) is 4.90 Å². The van der Waals surface area contributed by atoms with Gasteiger partial charge in [-0.2, -0.15) is 0 Å². The van der Waals surface area contributed by atoms with Crippen LogP contribution in [0.5, 0.6) is 0 Å². The van der Waals surface area contributed by atoms with Crippen molar-refractivity contribution in [2.45, 2.75) is 25.3 Å². The van der Waals surface area contributed by atoms with Crippen LogP contribution in [0.2, 0.25) is 10.0 Å². The third-order valence-corrected chi connectivity index (χ3v) is 5.22. The minimum absolute atomic E-state index is 0.512. The minimum atomic E-state index is 0.512. The highest BCUT2D eigenvalue weighted by atomic mass is 35.5. The number of nitrogens with zero attached hydrogens (tertiary/aromatic N) is 4. The van der Waals surface area contributed by atoms with Gasteiger partial charge in [-0.15, -0.1) is 10.2 Å². The highest BCUT2D eigenvalue weighted by Gasteiger charge is 2.30. The SMILES string of the molecule is Clc1cccc(N2CCN(Cc3nnc(C4CC4)o3)CC2)c1Cl. The number of piperazine rings is 1. The Hall–Kier alpha value is -1.30. The van der Waals surface area contributed by atoms with E-state index < -0.39 is 0 Å². The minimum Gasteiger partial charge on any atom is -0.424 e. The first kappa shape index (κ1) is 15.2. The molecule has 1 saturated heterocycles. The predicted molar refractivity (Wildman–Crippen MR) is 90.2 cm³/mol. The summed E-state index contributed by atoms with van der Waals surface area (Å²) < 4.78 is 5.74. The number of benzene rings is 1. The molecule has 0 amide bonds. The van der Waals surface area contributed by atoms with E-state index in [9.17, 15) is 0 Å². The first-order valence-electron chi connectivity index (χ1n) is 7.94. The quantitative estimate of drug-likeness (QED) is 0.841. The van der Waals surface area contributed by atoms with Crippen LogP contribution in [0.4, 0.5) is 5.69 Å². The van der Waals surface area contributed by atoms with E-state index in [1.54, 1.807) is 0 Å². The van der Waals surface area contributed by atoms with Gasteiger partial charge < -0.3 is 9.32 Å². The van der Waals surface area contributed by atoms with Crippen molar-refractivity contribution in [3.05, 3.63) is 40.0 Å². The van der Waals surface area contributed by atoms with Crippen molar-refractivity contribution in [3.8, 4) is 0 Å². The molecular weight excluding hydrogens is 335 g/mol. The van der Waals surface area contributed by atoms with Crippen LogP contribution in [0.15, 0.2) is 22.6 Å². The monoisotopic (exact) mass is 352 g/mol. The van der Waals surface area contributed by atoms with Gasteiger partial charge >= 0.3 is 0 Å². The molecule has 2 fully saturated rings. The van der Waals surface area contributed by atoms with Crippen LogP contribution >= 0.6 is 23.2 Å². The lowest BCUT2D eigenvalue weighted by molar-refractivity contribution is 0.224. The lowest BCUT2D eigenvalue weighted by atomic mass is 10.2. The summed E-state index contributed by atoms with van der Waals surface area (Å²) in [5, 5.41) is 9.54. The molecule has 1 aliphatic carbocycles. The van der Waals surface area contributed by atoms with Crippen molar-refractivity contribution in [1.82, 2.24) is 15.1 Å². The molecule has 4 rings (SSSR count). The standard InChI is InChI=1S/C16H18Cl2N4O/c17-12-2-1-3-13(15(12)18)22-8-6-21(7-9-22)10-14-19-20-16(23-14)11-4-5-11/h1-3,11H,4-10H2. The summed E-state index contributed by atoms with van der Waals surface area (Å²) in [6.07, 6.45) is 2.36. The molecule has 0 radical (unpaired) electrons. The molecule has 0 N–H and O–H groups in total. The molecule has 1 aromatic carbocycles. The lowest BCUT2D eigenvalue weighted by Gasteiger charge is -2.35. The summed E-state index contributed by atoms with van der Waals surface area (Å²) in [7, 11) is 0. The van der Waals surface area contributed by atoms with Gasteiger partial charge in [0, 0.05) is 32.1 Å². The van der Waals surface area contributed by atoms with Gasteiger partial charge in [0.15, 0.2) is 0 Å². The lowest BCUT2D eigenvalue weighted by Crippen LogP contribution is -2.46. The summed E-state index contributed by atoms with van der Waals surface area (Å²) >= 11 is 12.4. The molecule has 2 aliphatic rings. The molecule has 2 heterocycles. The summed E-state index contributed by atoms with van der Waals surface area (Å²) in [5.74, 6) is 2.04. The number of hydrogen-bond acceptors (Lipinski definition) is 5. The Bertz CT molecular complexity index is 693. The number of anilines is 1. The normalized spacial score (nSPS) is 19.3. The van der Waals surface area contributed by atoms with Crippen molar-refractivity contribution in [1.29, 1.82) is 0 Å². The Morgan fingerprint density at radius 2 is 1.87 bits per heavy atom. The highest BCUT2D eigenvalue weighted by molar-refractivity contribution is 6.43. The predicted octanol–water partition coefficient (Wildman–Crippen LogP) is 3.58. The van der Waals surface area contributed by atoms with Crippen LogP contribution in [0.25, 0.3) is 0 Å². The summed E-state index contributed by atoms with van der Waals surface area (Å²) in [6, 6.07) is 5.77. The Kier molecular flexibility index (Phi) is 4.18. The average molecular weight is 353 g/mol. The van der Waals surface area contributed by atoms with Gasteiger partial charge in [0.2, 0.25) is 11.8 Å². The van der Waals surface area contributed by atoms with Gasteiger partial charge in [0.1, 0.15) is 0 Å². The van der Waals surface area contributed by atoms with Crippen LogP contribution in [-0.4, -0.2) is 41.3 Å². The van der Waals surface area contributed by atoms with E-state index in [1.165, 1.54) is 12.8 Å². The Labute approximate surface area is 145 Å². The molecule has 0 spiro atoms. The number of halogens is 2. The number of aromatic nitrogens is 2. The smallest absolute Gasteiger partial charge is 0.230 e. The van der Waals surface area contributed by atoms with Gasteiger partial charge in [-0.05, 0) is 25.0 Å². The Morgan fingerprint density at radius 3 is 2.61 bits per heavy atom.